The van der Waals surface area contributed by atoms with E-state index in [0.29, 0.717) is 13.0 Å². The van der Waals surface area contributed by atoms with E-state index in [1.807, 2.05) is 0 Å². The van der Waals surface area contributed by atoms with Crippen LogP contribution in [0.4, 0.5) is 0 Å². The lowest BCUT2D eigenvalue weighted by Gasteiger charge is -2.06. The Morgan fingerprint density at radius 1 is 0.577 bits per heavy atom. The minimum absolute atomic E-state index is 0.0125. The van der Waals surface area contributed by atoms with Crippen LogP contribution in [0.25, 0.3) is 0 Å². The summed E-state index contributed by atoms with van der Waals surface area (Å²) in [6.45, 7) is 9.81. The lowest BCUT2D eigenvalue weighted by atomic mass is 10.0. The molecule has 0 atom stereocenters. The monoisotopic (exact) mass is 368 g/mol. The Bertz CT molecular complexity index is 297. The highest BCUT2D eigenvalue weighted by atomic mass is 16.5. The van der Waals surface area contributed by atoms with Crippen LogP contribution in [0.15, 0.2) is 0 Å². The van der Waals surface area contributed by atoms with Crippen molar-refractivity contribution in [1.29, 1.82) is 0 Å². The van der Waals surface area contributed by atoms with Crippen LogP contribution in [-0.2, 0) is 9.53 Å². The third kappa shape index (κ3) is 21.5. The number of ether oxygens (including phenoxy) is 1. The molecule has 0 bridgehead atoms. The van der Waals surface area contributed by atoms with Crippen molar-refractivity contribution in [3.05, 3.63) is 0 Å². The third-order valence-corrected chi connectivity index (χ3v) is 5.10. The van der Waals surface area contributed by atoms with E-state index in [1.165, 1.54) is 83.5 Å². The number of esters is 1. The second-order valence-corrected chi connectivity index (χ2v) is 8.93. The van der Waals surface area contributed by atoms with E-state index < -0.39 is 0 Å². The number of carbonyl (C=O) groups is 1. The summed E-state index contributed by atoms with van der Waals surface area (Å²) in [6.07, 6.45) is 19.8. The molecule has 0 radical (unpaired) electrons. The molecule has 156 valence electrons. The highest BCUT2D eigenvalue weighted by molar-refractivity contribution is 5.69. The van der Waals surface area contributed by atoms with Gasteiger partial charge in [0, 0.05) is 6.42 Å². The van der Waals surface area contributed by atoms with Crippen LogP contribution in [0.1, 0.15) is 130 Å². The molecule has 2 nitrogen and oxygen atoms in total. The Labute approximate surface area is 164 Å². The fourth-order valence-electron chi connectivity index (χ4n) is 3.33. The van der Waals surface area contributed by atoms with Crippen LogP contribution >= 0.6 is 0 Å². The second kappa shape index (κ2) is 19.2. The van der Waals surface area contributed by atoms with Gasteiger partial charge in [-0.2, -0.15) is 0 Å². The van der Waals surface area contributed by atoms with E-state index in [4.69, 9.17) is 4.74 Å². The molecular weight excluding hydrogens is 320 g/mol. The normalized spacial score (nSPS) is 11.5. The molecule has 0 amide bonds. The van der Waals surface area contributed by atoms with Gasteiger partial charge < -0.3 is 4.74 Å². The van der Waals surface area contributed by atoms with Gasteiger partial charge >= 0.3 is 5.97 Å². The molecule has 0 saturated carbocycles. The van der Waals surface area contributed by atoms with Crippen molar-refractivity contribution < 1.29 is 9.53 Å². The van der Waals surface area contributed by atoms with E-state index >= 15 is 0 Å². The number of rotatable bonds is 19. The lowest BCUT2D eigenvalue weighted by Crippen LogP contribution is -2.05. The molecule has 26 heavy (non-hydrogen) atoms. The van der Waals surface area contributed by atoms with Crippen molar-refractivity contribution in [3.8, 4) is 0 Å². The summed E-state index contributed by atoms with van der Waals surface area (Å²) in [7, 11) is 0. The van der Waals surface area contributed by atoms with Gasteiger partial charge in [-0.3, -0.25) is 4.79 Å². The Kier molecular flexibility index (Phi) is 18.8. The van der Waals surface area contributed by atoms with E-state index in [0.717, 1.165) is 24.7 Å². The summed E-state index contributed by atoms with van der Waals surface area (Å²) in [4.78, 5) is 11.7. The van der Waals surface area contributed by atoms with Crippen molar-refractivity contribution >= 4 is 5.97 Å². The number of carbonyl (C=O) groups excluding carboxylic acids is 1. The molecule has 0 aliphatic heterocycles. The van der Waals surface area contributed by atoms with Crippen LogP contribution in [-0.4, -0.2) is 12.6 Å². The molecule has 0 fully saturated rings. The predicted molar refractivity (Wildman–Crippen MR) is 115 cm³/mol. The first kappa shape index (κ1) is 25.5. The molecule has 0 aromatic carbocycles. The summed E-state index contributed by atoms with van der Waals surface area (Å²) >= 11 is 0. The molecular formula is C24H48O2. The number of hydrogen-bond acceptors (Lipinski definition) is 2. The zero-order chi connectivity index (χ0) is 19.5. The lowest BCUT2D eigenvalue weighted by molar-refractivity contribution is -0.143. The quantitative estimate of drug-likeness (QED) is 0.170. The van der Waals surface area contributed by atoms with E-state index in [9.17, 15) is 4.79 Å². The maximum Gasteiger partial charge on any atom is 0.305 e. The van der Waals surface area contributed by atoms with Crippen LogP contribution in [0.5, 0.6) is 0 Å². The van der Waals surface area contributed by atoms with Gasteiger partial charge in [0.1, 0.15) is 0 Å². The summed E-state index contributed by atoms with van der Waals surface area (Å²) in [6, 6.07) is 0. The zero-order valence-electron chi connectivity index (χ0n) is 18.5. The Morgan fingerprint density at radius 3 is 1.42 bits per heavy atom. The van der Waals surface area contributed by atoms with Gasteiger partial charge in [-0.15, -0.1) is 0 Å². The van der Waals surface area contributed by atoms with Crippen molar-refractivity contribution in [1.82, 2.24) is 0 Å². The minimum Gasteiger partial charge on any atom is -0.466 e. The summed E-state index contributed by atoms with van der Waals surface area (Å²) in [5.74, 6) is 1.69. The molecule has 0 aromatic rings. The molecule has 0 unspecified atom stereocenters. The van der Waals surface area contributed by atoms with Crippen molar-refractivity contribution in [3.63, 3.8) is 0 Å². The topological polar surface area (TPSA) is 26.3 Å². The smallest absolute Gasteiger partial charge is 0.305 e. The first-order valence-corrected chi connectivity index (χ1v) is 11.7. The summed E-state index contributed by atoms with van der Waals surface area (Å²) < 4.78 is 5.35. The van der Waals surface area contributed by atoms with Gasteiger partial charge in [-0.1, -0.05) is 111 Å². The molecule has 0 aliphatic carbocycles. The van der Waals surface area contributed by atoms with Gasteiger partial charge in [0.25, 0.3) is 0 Å². The number of unbranched alkanes of at least 4 members (excludes halogenated alkanes) is 11. The van der Waals surface area contributed by atoms with E-state index in [-0.39, 0.29) is 5.97 Å². The molecule has 0 rings (SSSR count). The van der Waals surface area contributed by atoms with Crippen LogP contribution in [0.3, 0.4) is 0 Å². The van der Waals surface area contributed by atoms with Crippen LogP contribution in [0, 0.1) is 11.8 Å². The number of hydrogen-bond donors (Lipinski definition) is 0. The fourth-order valence-corrected chi connectivity index (χ4v) is 3.33. The van der Waals surface area contributed by atoms with Crippen molar-refractivity contribution in [2.24, 2.45) is 11.8 Å². The molecule has 0 aliphatic rings. The SMILES string of the molecule is CC(C)CCCCCCCCCOC(=O)CCCCCCCCC(C)C. The highest BCUT2D eigenvalue weighted by Crippen LogP contribution is 2.13. The van der Waals surface area contributed by atoms with Crippen LogP contribution < -0.4 is 0 Å². The minimum atomic E-state index is 0.0125. The standard InChI is InChI=1S/C24H48O2/c1-22(2)18-14-10-6-5-9-13-17-21-26-24(25)20-16-12-8-7-11-15-19-23(3)4/h22-23H,5-21H2,1-4H3. The van der Waals surface area contributed by atoms with Gasteiger partial charge in [0.15, 0.2) is 0 Å². The van der Waals surface area contributed by atoms with Gasteiger partial charge in [0.05, 0.1) is 6.61 Å². The largest absolute Gasteiger partial charge is 0.466 e. The Hall–Kier alpha value is -0.530. The van der Waals surface area contributed by atoms with Gasteiger partial charge in [-0.05, 0) is 24.7 Å². The Balaban J connectivity index is 3.18. The molecule has 0 aromatic heterocycles. The first-order valence-electron chi connectivity index (χ1n) is 11.7. The van der Waals surface area contributed by atoms with Crippen LogP contribution in [0.2, 0.25) is 0 Å². The molecule has 2 heteroatoms. The second-order valence-electron chi connectivity index (χ2n) is 8.93. The van der Waals surface area contributed by atoms with Crippen molar-refractivity contribution in [2.75, 3.05) is 6.61 Å². The van der Waals surface area contributed by atoms with Gasteiger partial charge in [0.2, 0.25) is 0 Å². The molecule has 0 heterocycles. The zero-order valence-corrected chi connectivity index (χ0v) is 18.5. The maximum absolute atomic E-state index is 11.7. The van der Waals surface area contributed by atoms with E-state index in [1.54, 1.807) is 0 Å². The summed E-state index contributed by atoms with van der Waals surface area (Å²) in [5.41, 5.74) is 0. The molecule has 0 N–H and O–H groups in total. The maximum atomic E-state index is 11.7. The third-order valence-electron chi connectivity index (χ3n) is 5.10. The average Bonchev–Trinajstić information content (AvgIpc) is 2.58. The summed E-state index contributed by atoms with van der Waals surface area (Å²) in [5, 5.41) is 0. The average molecular weight is 369 g/mol. The van der Waals surface area contributed by atoms with E-state index in [2.05, 4.69) is 27.7 Å². The molecule has 0 saturated heterocycles. The van der Waals surface area contributed by atoms with Crippen molar-refractivity contribution in [2.45, 2.75) is 130 Å². The Morgan fingerprint density at radius 2 is 0.962 bits per heavy atom. The first-order chi connectivity index (χ1) is 12.5. The predicted octanol–water partition coefficient (Wildman–Crippen LogP) is 8.08. The van der Waals surface area contributed by atoms with Gasteiger partial charge in [-0.25, -0.2) is 0 Å². The fraction of sp³-hybridized carbons (Fsp3) is 0.958. The molecule has 0 spiro atoms. The highest BCUT2D eigenvalue weighted by Gasteiger charge is 2.03.